The van der Waals surface area contributed by atoms with Crippen molar-refractivity contribution in [1.29, 1.82) is 0 Å². The lowest BCUT2D eigenvalue weighted by Crippen LogP contribution is -2.16. The molecule has 0 atom stereocenters. The smallest absolute Gasteiger partial charge is 0.168 e. The fourth-order valence-electron chi connectivity index (χ4n) is 0.809. The van der Waals surface area contributed by atoms with Gasteiger partial charge in [0.2, 0.25) is 0 Å². The first kappa shape index (κ1) is 10.7. The summed E-state index contributed by atoms with van der Waals surface area (Å²) in [7, 11) is -1.32. The van der Waals surface area contributed by atoms with Gasteiger partial charge in [0.15, 0.2) is 6.29 Å². The second-order valence-electron chi connectivity index (χ2n) is 4.09. The van der Waals surface area contributed by atoms with E-state index in [0.29, 0.717) is 5.69 Å². The summed E-state index contributed by atoms with van der Waals surface area (Å²) in [5.74, 6) is 3.07. The van der Waals surface area contributed by atoms with Gasteiger partial charge in [0, 0.05) is 11.8 Å². The first-order valence-electron chi connectivity index (χ1n) is 4.46. The number of carbonyl (C=O) groups is 1. The van der Waals surface area contributed by atoms with Gasteiger partial charge in [0.25, 0.3) is 0 Å². The van der Waals surface area contributed by atoms with Crippen molar-refractivity contribution >= 4 is 14.4 Å². The molecule has 1 aromatic heterocycles. The highest BCUT2D eigenvalue weighted by molar-refractivity contribution is 6.83. The van der Waals surface area contributed by atoms with Crippen LogP contribution in [-0.4, -0.2) is 19.3 Å². The Morgan fingerprint density at radius 3 is 2.50 bits per heavy atom. The summed E-state index contributed by atoms with van der Waals surface area (Å²) >= 11 is 0. The monoisotopic (exact) mass is 203 g/mol. The van der Waals surface area contributed by atoms with E-state index in [-0.39, 0.29) is 0 Å². The molecule has 0 spiro atoms. The molecule has 1 heterocycles. The first-order valence-corrected chi connectivity index (χ1v) is 7.96. The van der Waals surface area contributed by atoms with Crippen molar-refractivity contribution in [3.63, 3.8) is 0 Å². The topological polar surface area (TPSA) is 30.0 Å². The minimum Gasteiger partial charge on any atom is -0.296 e. The van der Waals surface area contributed by atoms with Gasteiger partial charge in [-0.2, -0.15) is 0 Å². The predicted octanol–water partition coefficient (Wildman–Crippen LogP) is 2.12. The number of aldehydes is 1. The summed E-state index contributed by atoms with van der Waals surface area (Å²) < 4.78 is 0. The van der Waals surface area contributed by atoms with Crippen LogP contribution in [0, 0.1) is 11.5 Å². The van der Waals surface area contributed by atoms with E-state index >= 15 is 0 Å². The Morgan fingerprint density at radius 1 is 1.36 bits per heavy atom. The molecule has 0 amide bonds. The van der Waals surface area contributed by atoms with Crippen LogP contribution in [0.15, 0.2) is 18.3 Å². The molecule has 0 unspecified atom stereocenters. The molecule has 72 valence electrons. The summed E-state index contributed by atoms with van der Waals surface area (Å²) in [4.78, 5) is 14.3. The molecule has 0 saturated heterocycles. The van der Waals surface area contributed by atoms with Gasteiger partial charge >= 0.3 is 0 Å². The summed E-state index contributed by atoms with van der Waals surface area (Å²) in [5, 5.41) is 0. The van der Waals surface area contributed by atoms with E-state index in [2.05, 4.69) is 36.1 Å². The van der Waals surface area contributed by atoms with Crippen molar-refractivity contribution < 1.29 is 4.79 Å². The number of hydrogen-bond donors (Lipinski definition) is 0. The molecular formula is C11H13NOSi. The number of aromatic nitrogens is 1. The third kappa shape index (κ3) is 3.54. The molecule has 1 aromatic rings. The SMILES string of the molecule is C[Si](C)(C)C#Cc1ccc(C=O)nc1. The van der Waals surface area contributed by atoms with Crippen molar-refractivity contribution in [2.24, 2.45) is 0 Å². The van der Waals surface area contributed by atoms with Crippen LogP contribution >= 0.6 is 0 Å². The Labute approximate surface area is 85.4 Å². The van der Waals surface area contributed by atoms with Gasteiger partial charge in [0.05, 0.1) is 0 Å². The number of carbonyl (C=O) groups excluding carboxylic acids is 1. The van der Waals surface area contributed by atoms with Crippen LogP contribution in [0.3, 0.4) is 0 Å². The summed E-state index contributed by atoms with van der Waals surface area (Å²) in [6.07, 6.45) is 2.37. The van der Waals surface area contributed by atoms with Gasteiger partial charge in [-0.1, -0.05) is 25.6 Å². The zero-order chi connectivity index (χ0) is 10.6. The Morgan fingerprint density at radius 2 is 2.07 bits per heavy atom. The van der Waals surface area contributed by atoms with Gasteiger partial charge < -0.3 is 0 Å². The van der Waals surface area contributed by atoms with Gasteiger partial charge in [-0.3, -0.25) is 9.78 Å². The van der Waals surface area contributed by atoms with E-state index in [1.807, 2.05) is 6.07 Å². The Bertz CT molecular complexity index is 378. The van der Waals surface area contributed by atoms with E-state index in [0.717, 1.165) is 11.8 Å². The molecule has 1 rings (SSSR count). The van der Waals surface area contributed by atoms with E-state index in [9.17, 15) is 4.79 Å². The van der Waals surface area contributed by atoms with E-state index in [4.69, 9.17) is 0 Å². The molecule has 0 aromatic carbocycles. The molecule has 14 heavy (non-hydrogen) atoms. The summed E-state index contributed by atoms with van der Waals surface area (Å²) in [5.41, 5.74) is 4.56. The third-order valence-electron chi connectivity index (χ3n) is 1.49. The van der Waals surface area contributed by atoms with E-state index in [1.54, 1.807) is 12.3 Å². The number of rotatable bonds is 1. The Hall–Kier alpha value is -1.40. The standard InChI is InChI=1S/C11H13NOSi/c1-14(2,3)7-6-10-4-5-11(9-13)12-8-10/h4-5,8-9H,1-3H3. The zero-order valence-electron chi connectivity index (χ0n) is 8.66. The van der Waals surface area contributed by atoms with Crippen LogP contribution in [-0.2, 0) is 0 Å². The fraction of sp³-hybridized carbons (Fsp3) is 0.273. The largest absolute Gasteiger partial charge is 0.296 e. The number of nitrogens with zero attached hydrogens (tertiary/aromatic N) is 1. The predicted molar refractivity (Wildman–Crippen MR) is 59.8 cm³/mol. The van der Waals surface area contributed by atoms with Gasteiger partial charge in [-0.05, 0) is 12.1 Å². The average Bonchev–Trinajstić information content (AvgIpc) is 2.14. The highest BCUT2D eigenvalue weighted by atomic mass is 28.3. The maximum Gasteiger partial charge on any atom is 0.168 e. The second-order valence-corrected chi connectivity index (χ2v) is 8.84. The first-order chi connectivity index (χ1) is 6.51. The quantitative estimate of drug-likeness (QED) is 0.397. The molecule has 0 saturated carbocycles. The van der Waals surface area contributed by atoms with Crippen molar-refractivity contribution in [2.45, 2.75) is 19.6 Å². The van der Waals surface area contributed by atoms with Crippen molar-refractivity contribution in [3.8, 4) is 11.5 Å². The maximum atomic E-state index is 10.3. The highest BCUT2D eigenvalue weighted by Crippen LogP contribution is 2.00. The third-order valence-corrected chi connectivity index (χ3v) is 2.36. The molecule has 3 heteroatoms. The lowest BCUT2D eigenvalue weighted by molar-refractivity contribution is 0.111. The highest BCUT2D eigenvalue weighted by Gasteiger charge is 2.07. The number of pyridine rings is 1. The molecule has 0 aliphatic heterocycles. The molecule has 0 N–H and O–H groups in total. The Balaban J connectivity index is 2.87. The van der Waals surface area contributed by atoms with Crippen molar-refractivity contribution in [3.05, 3.63) is 29.6 Å². The second kappa shape index (κ2) is 4.21. The summed E-state index contributed by atoms with van der Waals surface area (Å²) in [6, 6.07) is 3.51. The van der Waals surface area contributed by atoms with Crippen LogP contribution in [0.1, 0.15) is 16.1 Å². The maximum absolute atomic E-state index is 10.3. The van der Waals surface area contributed by atoms with E-state index < -0.39 is 8.07 Å². The van der Waals surface area contributed by atoms with Crippen LogP contribution in [0.5, 0.6) is 0 Å². The molecular weight excluding hydrogens is 190 g/mol. The van der Waals surface area contributed by atoms with Gasteiger partial charge in [0.1, 0.15) is 13.8 Å². The number of hydrogen-bond acceptors (Lipinski definition) is 2. The lowest BCUT2D eigenvalue weighted by Gasteiger charge is -2.03. The van der Waals surface area contributed by atoms with Crippen LogP contribution in [0.25, 0.3) is 0 Å². The van der Waals surface area contributed by atoms with Crippen LogP contribution < -0.4 is 0 Å². The van der Waals surface area contributed by atoms with E-state index in [1.165, 1.54) is 0 Å². The van der Waals surface area contributed by atoms with Gasteiger partial charge in [-0.25, -0.2) is 0 Å². The van der Waals surface area contributed by atoms with Crippen LogP contribution in [0.2, 0.25) is 19.6 Å². The zero-order valence-corrected chi connectivity index (χ0v) is 9.66. The average molecular weight is 203 g/mol. The molecule has 0 radical (unpaired) electrons. The van der Waals surface area contributed by atoms with Crippen LogP contribution in [0.4, 0.5) is 0 Å². The molecule has 0 fully saturated rings. The fourth-order valence-corrected chi connectivity index (χ4v) is 1.33. The van der Waals surface area contributed by atoms with Crippen molar-refractivity contribution in [2.75, 3.05) is 0 Å². The lowest BCUT2D eigenvalue weighted by atomic mass is 10.3. The molecule has 2 nitrogen and oxygen atoms in total. The molecule has 0 aliphatic rings. The minimum absolute atomic E-state index is 0.448. The molecule has 0 aliphatic carbocycles. The minimum atomic E-state index is -1.32. The molecule has 0 bridgehead atoms. The summed E-state index contributed by atoms with van der Waals surface area (Å²) in [6.45, 7) is 6.56. The van der Waals surface area contributed by atoms with Gasteiger partial charge in [-0.15, -0.1) is 5.54 Å². The van der Waals surface area contributed by atoms with Crippen molar-refractivity contribution in [1.82, 2.24) is 4.98 Å². The normalized spacial score (nSPS) is 10.2. The Kier molecular flexibility index (Phi) is 3.21.